The second-order valence-corrected chi connectivity index (χ2v) is 24.4. The number of Topliss-reactive ketones (excluding diaryl/α,β-unsaturated/α-hetero) is 2. The molecule has 1 saturated carbocycles. The number of anilines is 1. The first-order chi connectivity index (χ1) is 26.8. The number of aromatic nitrogens is 1. The fourth-order valence-electron chi connectivity index (χ4n) is 8.95. The van der Waals surface area contributed by atoms with Crippen molar-refractivity contribution in [1.29, 1.82) is 0 Å². The summed E-state index contributed by atoms with van der Waals surface area (Å²) in [7, 11) is -1.03. The van der Waals surface area contributed by atoms with Crippen LogP contribution in [-0.4, -0.2) is 100.0 Å². The maximum atomic E-state index is 15.7. The Hall–Kier alpha value is -4.02. The molecule has 1 aromatic heterocycles. The van der Waals surface area contributed by atoms with Gasteiger partial charge in [0.2, 0.25) is 21.6 Å². The molecule has 4 aliphatic rings. The molecule has 1 aliphatic heterocycles. The molecule has 7 rings (SSSR count). The van der Waals surface area contributed by atoms with Crippen LogP contribution < -0.4 is 14.8 Å². The number of hydrogen-bond acceptors (Lipinski definition) is 12. The molecule has 3 aromatic rings. The summed E-state index contributed by atoms with van der Waals surface area (Å²) < 4.78 is 52.8. The number of nitrogens with zero attached hydrogens (tertiary/aromatic N) is 3. The molecule has 2 fully saturated rings. The number of aliphatic hydroxyl groups excluding tert-OH is 1. The minimum atomic E-state index is -3.44. The lowest BCUT2D eigenvalue weighted by molar-refractivity contribution is -0.140. The molecule has 57 heavy (non-hydrogen) atoms. The summed E-state index contributed by atoms with van der Waals surface area (Å²) in [6.45, 7) is 13.4. The second-order valence-electron chi connectivity index (χ2n) is 17.6. The number of hydrogen-bond donors (Lipinski definition) is 2. The summed E-state index contributed by atoms with van der Waals surface area (Å²) in [6.07, 6.45) is 2.40. The van der Waals surface area contributed by atoms with E-state index in [2.05, 4.69) is 31.2 Å². The molecule has 0 unspecified atom stereocenters. The van der Waals surface area contributed by atoms with Gasteiger partial charge in [0.05, 0.1) is 18.9 Å². The van der Waals surface area contributed by atoms with Gasteiger partial charge in [-0.25, -0.2) is 12.7 Å². The number of carbonyl (C=O) groups is 2. The summed E-state index contributed by atoms with van der Waals surface area (Å²) >= 11 is 0. The molecular weight excluding hydrogens is 765 g/mol. The van der Waals surface area contributed by atoms with Crippen molar-refractivity contribution < 1.29 is 41.5 Å². The fraction of sp³-hybridized carbons (Fsp3) is 0.548. The number of methoxy groups -OCH3 is 1. The number of ether oxygens (including phenoxy) is 2. The highest BCUT2D eigenvalue weighted by molar-refractivity contribution is 7.89. The lowest BCUT2D eigenvalue weighted by Crippen LogP contribution is -2.68. The minimum absolute atomic E-state index is 0.00693. The van der Waals surface area contributed by atoms with Gasteiger partial charge in [-0.3, -0.25) is 14.5 Å². The van der Waals surface area contributed by atoms with E-state index < -0.39 is 53.4 Å². The van der Waals surface area contributed by atoms with E-state index in [1.807, 2.05) is 75.4 Å². The van der Waals surface area contributed by atoms with Crippen molar-refractivity contribution >= 4 is 41.4 Å². The van der Waals surface area contributed by atoms with Crippen molar-refractivity contribution in [3.05, 3.63) is 75.5 Å². The second kappa shape index (κ2) is 15.0. The van der Waals surface area contributed by atoms with E-state index in [0.29, 0.717) is 54.3 Å². The van der Waals surface area contributed by atoms with E-state index in [1.165, 1.54) is 4.31 Å². The van der Waals surface area contributed by atoms with Gasteiger partial charge in [-0.05, 0) is 87.0 Å². The zero-order valence-electron chi connectivity index (χ0n) is 34.5. The summed E-state index contributed by atoms with van der Waals surface area (Å²) in [6, 6.07) is 10.7. The topological polar surface area (TPSA) is 161 Å². The maximum absolute atomic E-state index is 15.7. The standard InChI is InChI=1S/C42H56N4O9SSi/c1-25-30(43-17-20-56(50,51)46-18-13-14-19-46)23-31(52-7)28-21-27-22-29-35(45(5)6)37-34(40(44-54-37)53-24-26-15-11-10-12-16-26)39(49)42(29,55-57(8,9)41(2,3)4)38(48)33(27)36(47)32(25)28/h10-12,15-16,23,27,29,35,43,47H,13-14,17-22,24H2,1-9H3/t27-,29-,35-,42-/m0/s1. The van der Waals surface area contributed by atoms with Crippen LogP contribution in [0.1, 0.15) is 84.4 Å². The van der Waals surface area contributed by atoms with Crippen LogP contribution in [0.2, 0.25) is 18.1 Å². The number of carbonyl (C=O) groups excluding carboxylic acids is 2. The van der Waals surface area contributed by atoms with E-state index in [1.54, 1.807) is 7.11 Å². The van der Waals surface area contributed by atoms with Crippen molar-refractivity contribution in [2.24, 2.45) is 11.8 Å². The van der Waals surface area contributed by atoms with Gasteiger partial charge in [0.15, 0.2) is 19.7 Å². The molecule has 1 saturated heterocycles. The molecule has 13 nitrogen and oxygen atoms in total. The first-order valence-corrected chi connectivity index (χ1v) is 24.3. The SMILES string of the molecule is COc1cc(NCCS(=O)(=O)N2CCCC2)c(C)c2c1C[C@H]1C[C@H]3[C@H](N(C)C)c4onc(OCc5ccccc5)c4C(=O)[C@@]3(O[Si](C)(C)C(C)(C)C)C(=O)C1=C2O. The molecule has 3 aliphatic carbocycles. The molecule has 0 spiro atoms. The number of aliphatic hydroxyl groups is 1. The van der Waals surface area contributed by atoms with E-state index in [9.17, 15) is 13.5 Å². The molecule has 2 aromatic carbocycles. The molecule has 2 N–H and O–H groups in total. The van der Waals surface area contributed by atoms with Crippen molar-refractivity contribution in [2.75, 3.05) is 51.9 Å². The number of rotatable bonds is 12. The predicted molar refractivity (Wildman–Crippen MR) is 220 cm³/mol. The highest BCUT2D eigenvalue weighted by Crippen LogP contribution is 2.59. The summed E-state index contributed by atoms with van der Waals surface area (Å²) in [4.78, 5) is 33.2. The van der Waals surface area contributed by atoms with Crippen LogP contribution in [0.3, 0.4) is 0 Å². The Bertz CT molecular complexity index is 2210. The Labute approximate surface area is 336 Å². The lowest BCUT2D eigenvalue weighted by Gasteiger charge is -2.55. The van der Waals surface area contributed by atoms with Gasteiger partial charge < -0.3 is 28.8 Å². The number of fused-ring (bicyclic) bond motifs is 4. The lowest BCUT2D eigenvalue weighted by atomic mass is 9.57. The maximum Gasteiger partial charge on any atom is 0.265 e. The zero-order valence-corrected chi connectivity index (χ0v) is 36.3. The largest absolute Gasteiger partial charge is 0.507 e. The summed E-state index contributed by atoms with van der Waals surface area (Å²) in [5.74, 6) is -1.80. The Morgan fingerprint density at radius 2 is 1.77 bits per heavy atom. The fourth-order valence-corrected chi connectivity index (χ4v) is 11.8. The smallest absolute Gasteiger partial charge is 0.265 e. The molecule has 15 heteroatoms. The van der Waals surface area contributed by atoms with E-state index in [-0.39, 0.29) is 46.7 Å². The van der Waals surface area contributed by atoms with Crippen molar-refractivity contribution in [3.8, 4) is 11.6 Å². The third-order valence-electron chi connectivity index (χ3n) is 12.9. The Balaban J connectivity index is 1.34. The van der Waals surface area contributed by atoms with Gasteiger partial charge in [0.1, 0.15) is 23.7 Å². The number of ketones is 2. The summed E-state index contributed by atoms with van der Waals surface area (Å²) in [5, 5.41) is 19.6. The van der Waals surface area contributed by atoms with Crippen LogP contribution in [0.4, 0.5) is 5.69 Å². The van der Waals surface area contributed by atoms with Gasteiger partial charge in [0.25, 0.3) is 5.88 Å². The monoisotopic (exact) mass is 820 g/mol. The Morgan fingerprint density at radius 1 is 1.09 bits per heavy atom. The van der Waals surface area contributed by atoms with Crippen LogP contribution in [0, 0.1) is 18.8 Å². The number of sulfonamides is 1. The van der Waals surface area contributed by atoms with Crippen LogP contribution >= 0.6 is 0 Å². The Morgan fingerprint density at radius 3 is 2.40 bits per heavy atom. The molecule has 4 atom stereocenters. The van der Waals surface area contributed by atoms with Gasteiger partial charge in [-0.2, -0.15) is 0 Å². The molecule has 0 amide bonds. The highest BCUT2D eigenvalue weighted by Gasteiger charge is 2.69. The molecular formula is C42H56N4O9SSi. The van der Waals surface area contributed by atoms with Crippen molar-refractivity contribution in [2.45, 2.75) is 89.8 Å². The Kier molecular flexibility index (Phi) is 10.8. The van der Waals surface area contributed by atoms with Crippen LogP contribution in [-0.2, 0) is 32.3 Å². The third-order valence-corrected chi connectivity index (χ3v) is 19.2. The van der Waals surface area contributed by atoms with E-state index in [0.717, 1.165) is 24.0 Å². The van der Waals surface area contributed by atoms with Crippen molar-refractivity contribution in [1.82, 2.24) is 14.4 Å². The van der Waals surface area contributed by atoms with Crippen molar-refractivity contribution in [3.63, 3.8) is 0 Å². The summed E-state index contributed by atoms with van der Waals surface area (Å²) in [5.41, 5.74) is 1.47. The molecule has 0 bridgehead atoms. The highest BCUT2D eigenvalue weighted by atomic mass is 32.2. The van der Waals surface area contributed by atoms with Gasteiger partial charge in [-0.1, -0.05) is 51.1 Å². The first-order valence-electron chi connectivity index (χ1n) is 19.8. The zero-order chi connectivity index (χ0) is 41.2. The molecule has 308 valence electrons. The average molecular weight is 821 g/mol. The van der Waals surface area contributed by atoms with Crippen LogP contribution in [0.15, 0.2) is 46.5 Å². The van der Waals surface area contributed by atoms with Gasteiger partial charge in [-0.15, -0.1) is 0 Å². The van der Waals surface area contributed by atoms with Crippen LogP contribution in [0.25, 0.3) is 5.76 Å². The number of nitrogens with one attached hydrogen (secondary N) is 1. The van der Waals surface area contributed by atoms with E-state index >= 15 is 9.59 Å². The first kappa shape index (κ1) is 41.1. The third kappa shape index (κ3) is 6.92. The predicted octanol–water partition coefficient (Wildman–Crippen LogP) is 6.70. The van der Waals surface area contributed by atoms with E-state index in [4.69, 9.17) is 18.4 Å². The minimum Gasteiger partial charge on any atom is -0.507 e. The average Bonchev–Trinajstić information content (AvgIpc) is 3.84. The quantitative estimate of drug-likeness (QED) is 0.147. The number of benzene rings is 2. The molecule has 0 radical (unpaired) electrons. The molecule has 2 heterocycles. The van der Waals surface area contributed by atoms with Gasteiger partial charge >= 0.3 is 0 Å². The normalized spacial score (nSPS) is 23.9. The van der Waals surface area contributed by atoms with Gasteiger partial charge in [0, 0.05) is 54.0 Å². The van der Waals surface area contributed by atoms with Crippen LogP contribution in [0.5, 0.6) is 11.6 Å².